The molecule has 0 saturated carbocycles. The largest absolute Gasteiger partial charge is 0.329 e. The minimum absolute atomic E-state index is 0.188. The van der Waals surface area contributed by atoms with Gasteiger partial charge in [-0.05, 0) is 37.8 Å². The lowest BCUT2D eigenvalue weighted by Gasteiger charge is -2.46. The monoisotopic (exact) mass is 308 g/mol. The van der Waals surface area contributed by atoms with E-state index in [0.29, 0.717) is 29.9 Å². The summed E-state index contributed by atoms with van der Waals surface area (Å²) in [5.74, 6) is 0.245. The molecule has 0 aliphatic carbocycles. The number of hydrogen-bond acceptors (Lipinski definition) is 4. The number of sulfone groups is 1. The van der Waals surface area contributed by atoms with Gasteiger partial charge in [-0.3, -0.25) is 4.90 Å². The number of benzene rings is 1. The summed E-state index contributed by atoms with van der Waals surface area (Å²) >= 11 is 0. The Balaban J connectivity index is 2.03. The fraction of sp³-hybridized carbons (Fsp3) is 0.625. The molecule has 5 heteroatoms. The molecule has 0 amide bonds. The Morgan fingerprint density at radius 3 is 2.76 bits per heavy atom. The maximum atomic E-state index is 12.3. The summed E-state index contributed by atoms with van der Waals surface area (Å²) in [7, 11) is -3.11. The Bertz CT molecular complexity index is 614. The molecule has 21 heavy (non-hydrogen) atoms. The van der Waals surface area contributed by atoms with Crippen LogP contribution in [0.1, 0.15) is 44.2 Å². The molecule has 0 radical (unpaired) electrons. The molecule has 0 bridgehead atoms. The van der Waals surface area contributed by atoms with Crippen LogP contribution in [0.2, 0.25) is 0 Å². The molecule has 4 nitrogen and oxygen atoms in total. The highest BCUT2D eigenvalue weighted by molar-refractivity contribution is 7.91. The second kappa shape index (κ2) is 5.71. The first-order valence-electron chi connectivity index (χ1n) is 7.84. The molecule has 116 valence electrons. The normalized spacial score (nSPS) is 32.6. The van der Waals surface area contributed by atoms with Crippen molar-refractivity contribution in [1.82, 2.24) is 4.90 Å². The first-order valence-corrected chi connectivity index (χ1v) is 9.49. The molecule has 0 aromatic heterocycles. The summed E-state index contributed by atoms with van der Waals surface area (Å²) in [5.41, 5.74) is 6.94. The van der Waals surface area contributed by atoms with Crippen molar-refractivity contribution in [2.24, 2.45) is 5.73 Å². The van der Waals surface area contributed by atoms with Crippen molar-refractivity contribution in [3.63, 3.8) is 0 Å². The lowest BCUT2D eigenvalue weighted by Crippen LogP contribution is -2.51. The Hall–Kier alpha value is -0.910. The maximum absolute atomic E-state index is 12.3. The predicted molar refractivity (Wildman–Crippen MR) is 83.8 cm³/mol. The molecule has 1 aromatic carbocycles. The van der Waals surface area contributed by atoms with E-state index in [1.54, 1.807) is 6.07 Å². The second-order valence-corrected chi connectivity index (χ2v) is 8.36. The number of piperidine rings is 1. The number of nitrogens with zero attached hydrogens (tertiary/aromatic N) is 1. The molecular formula is C16H24N2O2S. The van der Waals surface area contributed by atoms with Crippen LogP contribution in [0.4, 0.5) is 0 Å². The Labute approximate surface area is 127 Å². The van der Waals surface area contributed by atoms with E-state index in [4.69, 9.17) is 5.73 Å². The Morgan fingerprint density at radius 1 is 1.24 bits per heavy atom. The van der Waals surface area contributed by atoms with Crippen LogP contribution in [-0.4, -0.2) is 37.7 Å². The molecule has 3 atom stereocenters. The van der Waals surface area contributed by atoms with E-state index in [2.05, 4.69) is 11.8 Å². The van der Waals surface area contributed by atoms with Crippen molar-refractivity contribution in [3.8, 4) is 0 Å². The zero-order valence-corrected chi connectivity index (χ0v) is 13.3. The smallest absolute Gasteiger partial charge is 0.178 e. The summed E-state index contributed by atoms with van der Waals surface area (Å²) in [6.07, 6.45) is 4.18. The summed E-state index contributed by atoms with van der Waals surface area (Å²) in [6.45, 7) is 2.89. The Morgan fingerprint density at radius 2 is 2.00 bits per heavy atom. The van der Waals surface area contributed by atoms with Crippen molar-refractivity contribution in [3.05, 3.63) is 29.8 Å². The summed E-state index contributed by atoms with van der Waals surface area (Å²) in [5, 5.41) is 0. The Kier molecular flexibility index (Phi) is 4.08. The van der Waals surface area contributed by atoms with Crippen LogP contribution in [0.3, 0.4) is 0 Å². The van der Waals surface area contributed by atoms with Crippen molar-refractivity contribution in [2.45, 2.75) is 55.6 Å². The fourth-order valence-corrected chi connectivity index (χ4v) is 5.59. The molecule has 1 aromatic rings. The van der Waals surface area contributed by atoms with Crippen LogP contribution >= 0.6 is 0 Å². The molecule has 0 spiro atoms. The average molecular weight is 308 g/mol. The SMILES string of the molecule is CC1CCCC(CN)N1C1CCS(=O)(=O)c2ccccc21. The third-order valence-corrected chi connectivity index (χ3v) is 6.81. The molecule has 3 rings (SSSR count). The lowest BCUT2D eigenvalue weighted by molar-refractivity contribution is 0.0453. The van der Waals surface area contributed by atoms with Crippen LogP contribution in [0, 0.1) is 0 Å². The molecule has 3 unspecified atom stereocenters. The van der Waals surface area contributed by atoms with Gasteiger partial charge in [0.25, 0.3) is 0 Å². The molecule has 2 aliphatic heterocycles. The van der Waals surface area contributed by atoms with Gasteiger partial charge in [0.15, 0.2) is 9.84 Å². The third kappa shape index (κ3) is 2.62. The van der Waals surface area contributed by atoms with Gasteiger partial charge in [-0.15, -0.1) is 0 Å². The summed E-state index contributed by atoms with van der Waals surface area (Å²) in [6, 6.07) is 8.51. The number of likely N-dealkylation sites (tertiary alicyclic amines) is 1. The van der Waals surface area contributed by atoms with Gasteiger partial charge < -0.3 is 5.73 Å². The van der Waals surface area contributed by atoms with E-state index < -0.39 is 9.84 Å². The lowest BCUT2D eigenvalue weighted by atomic mass is 9.90. The average Bonchev–Trinajstić information content (AvgIpc) is 2.48. The first-order chi connectivity index (χ1) is 10.0. The molecule has 2 N–H and O–H groups in total. The number of nitrogens with two attached hydrogens (primary N) is 1. The number of hydrogen-bond donors (Lipinski definition) is 1. The van der Waals surface area contributed by atoms with E-state index in [0.717, 1.165) is 12.0 Å². The van der Waals surface area contributed by atoms with E-state index in [1.165, 1.54) is 12.8 Å². The first kappa shape index (κ1) is 15.0. The molecule has 1 saturated heterocycles. The predicted octanol–water partition coefficient (Wildman–Crippen LogP) is 2.11. The van der Waals surface area contributed by atoms with Crippen LogP contribution in [-0.2, 0) is 9.84 Å². The van der Waals surface area contributed by atoms with E-state index >= 15 is 0 Å². The van der Waals surface area contributed by atoms with Crippen molar-refractivity contribution in [1.29, 1.82) is 0 Å². The van der Waals surface area contributed by atoms with Crippen molar-refractivity contribution >= 4 is 9.84 Å². The van der Waals surface area contributed by atoms with Crippen molar-refractivity contribution < 1.29 is 8.42 Å². The molecule has 1 fully saturated rings. The quantitative estimate of drug-likeness (QED) is 0.909. The minimum atomic E-state index is -3.11. The number of rotatable bonds is 2. The highest BCUT2D eigenvalue weighted by Crippen LogP contribution is 2.40. The van der Waals surface area contributed by atoms with Gasteiger partial charge >= 0.3 is 0 Å². The van der Waals surface area contributed by atoms with Gasteiger partial charge in [0.05, 0.1) is 10.6 Å². The van der Waals surface area contributed by atoms with Crippen LogP contribution in [0.5, 0.6) is 0 Å². The van der Waals surface area contributed by atoms with E-state index in [1.807, 2.05) is 18.2 Å². The van der Waals surface area contributed by atoms with Gasteiger partial charge in [-0.1, -0.05) is 24.6 Å². The third-order valence-electron chi connectivity index (χ3n) is 4.99. The minimum Gasteiger partial charge on any atom is -0.329 e. The zero-order valence-electron chi connectivity index (χ0n) is 12.5. The fourth-order valence-electron chi connectivity index (χ4n) is 3.99. The van der Waals surface area contributed by atoms with Crippen LogP contribution in [0.15, 0.2) is 29.2 Å². The maximum Gasteiger partial charge on any atom is 0.178 e. The highest BCUT2D eigenvalue weighted by atomic mass is 32.2. The van der Waals surface area contributed by atoms with Gasteiger partial charge in [0, 0.05) is 24.7 Å². The topological polar surface area (TPSA) is 63.4 Å². The second-order valence-electron chi connectivity index (χ2n) is 6.28. The molecule has 2 heterocycles. The van der Waals surface area contributed by atoms with Crippen molar-refractivity contribution in [2.75, 3.05) is 12.3 Å². The van der Waals surface area contributed by atoms with Gasteiger partial charge in [0.2, 0.25) is 0 Å². The standard InChI is InChI=1S/C16H24N2O2S/c1-12-5-4-6-13(11-17)18(12)15-9-10-21(19,20)16-8-3-2-7-14(15)16/h2-3,7-8,12-13,15H,4-6,9-11,17H2,1H3. The van der Waals surface area contributed by atoms with Crippen LogP contribution < -0.4 is 5.73 Å². The zero-order chi connectivity index (χ0) is 15.0. The van der Waals surface area contributed by atoms with Crippen LogP contribution in [0.25, 0.3) is 0 Å². The molecular weight excluding hydrogens is 284 g/mol. The number of fused-ring (bicyclic) bond motifs is 1. The van der Waals surface area contributed by atoms with Gasteiger partial charge in [0.1, 0.15) is 0 Å². The summed E-state index contributed by atoms with van der Waals surface area (Å²) < 4.78 is 24.6. The van der Waals surface area contributed by atoms with E-state index in [-0.39, 0.29) is 11.8 Å². The van der Waals surface area contributed by atoms with Gasteiger partial charge in [-0.2, -0.15) is 0 Å². The highest BCUT2D eigenvalue weighted by Gasteiger charge is 2.39. The molecule has 2 aliphatic rings. The summed E-state index contributed by atoms with van der Waals surface area (Å²) in [4.78, 5) is 3.01. The van der Waals surface area contributed by atoms with Gasteiger partial charge in [-0.25, -0.2) is 8.42 Å². The van der Waals surface area contributed by atoms with E-state index in [9.17, 15) is 8.42 Å².